The number of pyridine rings is 1. The van der Waals surface area contributed by atoms with Crippen molar-refractivity contribution in [3.05, 3.63) is 45.2 Å². The van der Waals surface area contributed by atoms with E-state index in [1.54, 1.807) is 6.20 Å². The molecule has 20 heavy (non-hydrogen) atoms. The molecule has 106 valence electrons. The zero-order valence-corrected chi connectivity index (χ0v) is 14.4. The molecule has 0 unspecified atom stereocenters. The number of rotatable bonds is 3. The number of hydrogen-bond acceptors (Lipinski definition) is 4. The van der Waals surface area contributed by atoms with Gasteiger partial charge in [0.15, 0.2) is 0 Å². The van der Waals surface area contributed by atoms with Crippen molar-refractivity contribution in [2.24, 2.45) is 0 Å². The first-order valence-corrected chi connectivity index (χ1v) is 7.64. The summed E-state index contributed by atoms with van der Waals surface area (Å²) in [4.78, 5) is 13.7. The van der Waals surface area contributed by atoms with E-state index in [0.717, 1.165) is 26.6 Å². The Morgan fingerprint density at radius 1 is 1.20 bits per heavy atom. The van der Waals surface area contributed by atoms with Crippen molar-refractivity contribution in [3.63, 3.8) is 0 Å². The van der Waals surface area contributed by atoms with Crippen LogP contribution in [0.3, 0.4) is 0 Å². The van der Waals surface area contributed by atoms with Crippen LogP contribution in [0.25, 0.3) is 0 Å². The lowest BCUT2D eigenvalue weighted by atomic mass is 9.92. The summed E-state index contributed by atoms with van der Waals surface area (Å²) in [5, 5.41) is 3.15. The molecule has 2 heterocycles. The SMILES string of the molecule is CNc1nc(Cc2ccccn2)nc(C(C)(C)C)c1I. The maximum Gasteiger partial charge on any atom is 0.143 e. The van der Waals surface area contributed by atoms with Crippen molar-refractivity contribution in [2.75, 3.05) is 12.4 Å². The Kier molecular flexibility index (Phi) is 4.57. The predicted octanol–water partition coefficient (Wildman–Crippen LogP) is 3.41. The molecule has 4 nitrogen and oxygen atoms in total. The Balaban J connectivity index is 2.44. The van der Waals surface area contributed by atoms with E-state index < -0.39 is 0 Å². The lowest BCUT2D eigenvalue weighted by molar-refractivity contribution is 0.559. The number of hydrogen-bond donors (Lipinski definition) is 1. The lowest BCUT2D eigenvalue weighted by Gasteiger charge is -2.21. The zero-order chi connectivity index (χ0) is 14.8. The minimum atomic E-state index is -0.00999. The van der Waals surface area contributed by atoms with E-state index in [1.807, 2.05) is 25.2 Å². The summed E-state index contributed by atoms with van der Waals surface area (Å²) in [6.45, 7) is 6.50. The number of anilines is 1. The molecule has 2 rings (SSSR count). The second kappa shape index (κ2) is 6.03. The Hall–Kier alpha value is -1.24. The molecule has 1 N–H and O–H groups in total. The topological polar surface area (TPSA) is 50.7 Å². The van der Waals surface area contributed by atoms with Crippen LogP contribution in [0.15, 0.2) is 24.4 Å². The fourth-order valence-corrected chi connectivity index (χ4v) is 3.22. The maximum atomic E-state index is 4.75. The van der Waals surface area contributed by atoms with Crippen molar-refractivity contribution in [3.8, 4) is 0 Å². The third-order valence-corrected chi connectivity index (χ3v) is 3.93. The summed E-state index contributed by atoms with van der Waals surface area (Å²) in [6, 6.07) is 5.90. The van der Waals surface area contributed by atoms with Gasteiger partial charge in [-0.3, -0.25) is 4.98 Å². The first-order valence-electron chi connectivity index (χ1n) is 6.56. The molecule has 0 atom stereocenters. The Bertz CT molecular complexity index is 591. The van der Waals surface area contributed by atoms with Gasteiger partial charge in [0.1, 0.15) is 11.6 Å². The highest BCUT2D eigenvalue weighted by molar-refractivity contribution is 14.1. The maximum absolute atomic E-state index is 4.75. The highest BCUT2D eigenvalue weighted by Gasteiger charge is 2.22. The van der Waals surface area contributed by atoms with Crippen LogP contribution in [0.2, 0.25) is 0 Å². The molecule has 0 amide bonds. The molecule has 0 aliphatic heterocycles. The summed E-state index contributed by atoms with van der Waals surface area (Å²) in [7, 11) is 1.89. The fraction of sp³-hybridized carbons (Fsp3) is 0.400. The number of halogens is 1. The standard InChI is InChI=1S/C15H19IN4/c1-15(2,3)13-12(16)14(17-4)20-11(19-13)9-10-7-5-6-8-18-10/h5-8H,9H2,1-4H3,(H,17,19,20). The Morgan fingerprint density at radius 2 is 1.95 bits per heavy atom. The van der Waals surface area contributed by atoms with Crippen molar-refractivity contribution in [2.45, 2.75) is 32.6 Å². The van der Waals surface area contributed by atoms with Gasteiger partial charge in [-0.15, -0.1) is 0 Å². The van der Waals surface area contributed by atoms with Gasteiger partial charge in [0.25, 0.3) is 0 Å². The van der Waals surface area contributed by atoms with E-state index in [2.05, 4.69) is 58.6 Å². The van der Waals surface area contributed by atoms with Crippen molar-refractivity contribution in [1.82, 2.24) is 15.0 Å². The van der Waals surface area contributed by atoms with Crippen LogP contribution in [0.4, 0.5) is 5.82 Å². The van der Waals surface area contributed by atoms with Crippen molar-refractivity contribution in [1.29, 1.82) is 0 Å². The predicted molar refractivity (Wildman–Crippen MR) is 90.0 cm³/mol. The molecule has 2 aromatic rings. The van der Waals surface area contributed by atoms with Crippen LogP contribution < -0.4 is 5.32 Å². The molecule has 2 aromatic heterocycles. The van der Waals surface area contributed by atoms with Crippen LogP contribution >= 0.6 is 22.6 Å². The smallest absolute Gasteiger partial charge is 0.143 e. The van der Waals surface area contributed by atoms with E-state index in [4.69, 9.17) is 4.98 Å². The van der Waals surface area contributed by atoms with Crippen LogP contribution in [0.5, 0.6) is 0 Å². The normalized spacial score (nSPS) is 11.4. The molecule has 5 heteroatoms. The monoisotopic (exact) mass is 382 g/mol. The second-order valence-corrected chi connectivity index (χ2v) is 6.73. The van der Waals surface area contributed by atoms with Gasteiger partial charge in [0.05, 0.1) is 15.7 Å². The summed E-state index contributed by atoms with van der Waals surface area (Å²) < 4.78 is 1.09. The second-order valence-electron chi connectivity index (χ2n) is 5.65. The number of nitrogens with one attached hydrogen (secondary N) is 1. The van der Waals surface area contributed by atoms with E-state index >= 15 is 0 Å². The number of nitrogens with zero attached hydrogens (tertiary/aromatic N) is 3. The van der Waals surface area contributed by atoms with Crippen LogP contribution in [0, 0.1) is 3.57 Å². The molecule has 0 fully saturated rings. The minimum Gasteiger partial charge on any atom is -0.372 e. The van der Waals surface area contributed by atoms with Crippen LogP contribution in [-0.2, 0) is 11.8 Å². The average Bonchev–Trinajstić information content (AvgIpc) is 2.40. The summed E-state index contributed by atoms with van der Waals surface area (Å²) in [5.41, 5.74) is 2.04. The summed E-state index contributed by atoms with van der Waals surface area (Å²) in [5.74, 6) is 1.69. The van der Waals surface area contributed by atoms with E-state index in [1.165, 1.54) is 0 Å². The van der Waals surface area contributed by atoms with Gasteiger partial charge in [0, 0.05) is 24.4 Å². The largest absolute Gasteiger partial charge is 0.372 e. The summed E-state index contributed by atoms with van der Waals surface area (Å²) in [6.07, 6.45) is 2.45. The van der Waals surface area contributed by atoms with Crippen molar-refractivity contribution >= 4 is 28.4 Å². The van der Waals surface area contributed by atoms with Gasteiger partial charge in [-0.25, -0.2) is 9.97 Å². The number of aromatic nitrogens is 3. The van der Waals surface area contributed by atoms with Gasteiger partial charge >= 0.3 is 0 Å². The highest BCUT2D eigenvalue weighted by Crippen LogP contribution is 2.29. The first kappa shape index (κ1) is 15.2. The van der Waals surface area contributed by atoms with Gasteiger partial charge in [-0.2, -0.15) is 0 Å². The van der Waals surface area contributed by atoms with Crippen LogP contribution in [-0.4, -0.2) is 22.0 Å². The van der Waals surface area contributed by atoms with E-state index in [-0.39, 0.29) is 5.41 Å². The Morgan fingerprint density at radius 3 is 2.50 bits per heavy atom. The van der Waals surface area contributed by atoms with Gasteiger partial charge in [0.2, 0.25) is 0 Å². The van der Waals surface area contributed by atoms with Crippen molar-refractivity contribution < 1.29 is 0 Å². The van der Waals surface area contributed by atoms with E-state index in [9.17, 15) is 0 Å². The first-order chi connectivity index (χ1) is 9.41. The molecular formula is C15H19IN4. The fourth-order valence-electron chi connectivity index (χ4n) is 1.90. The average molecular weight is 382 g/mol. The molecule has 0 spiro atoms. The molecular weight excluding hydrogens is 363 g/mol. The van der Waals surface area contributed by atoms with E-state index in [0.29, 0.717) is 6.42 Å². The molecule has 0 radical (unpaired) electrons. The molecule has 0 aromatic carbocycles. The van der Waals surface area contributed by atoms with Gasteiger partial charge < -0.3 is 5.32 Å². The minimum absolute atomic E-state index is 0.00999. The molecule has 0 saturated heterocycles. The summed E-state index contributed by atoms with van der Waals surface area (Å²) >= 11 is 2.31. The third-order valence-electron chi connectivity index (χ3n) is 2.91. The highest BCUT2D eigenvalue weighted by atomic mass is 127. The third kappa shape index (κ3) is 3.45. The molecule has 0 aliphatic rings. The molecule has 0 saturated carbocycles. The lowest BCUT2D eigenvalue weighted by Crippen LogP contribution is -2.19. The zero-order valence-electron chi connectivity index (χ0n) is 12.2. The molecule has 0 aliphatic carbocycles. The van der Waals surface area contributed by atoms with Gasteiger partial charge in [-0.05, 0) is 34.7 Å². The van der Waals surface area contributed by atoms with Gasteiger partial charge in [-0.1, -0.05) is 26.8 Å². The quantitative estimate of drug-likeness (QED) is 0.827. The van der Waals surface area contributed by atoms with Crippen LogP contribution in [0.1, 0.15) is 38.0 Å². The Labute approximate surface area is 133 Å². The molecule has 0 bridgehead atoms.